The van der Waals surface area contributed by atoms with E-state index < -0.39 is 0 Å². The molecule has 0 unspecified atom stereocenters. The largest absolute Gasteiger partial charge is 0.361 e. The van der Waals surface area contributed by atoms with Crippen molar-refractivity contribution in [1.82, 2.24) is 29.9 Å². The molecule has 0 amide bonds. The van der Waals surface area contributed by atoms with Gasteiger partial charge in [-0.1, -0.05) is 55.4 Å². The first kappa shape index (κ1) is 27.1. The topological polar surface area (TPSA) is 83.1 Å². The van der Waals surface area contributed by atoms with Gasteiger partial charge in [0.2, 0.25) is 10.6 Å². The zero-order chi connectivity index (χ0) is 24.8. The summed E-state index contributed by atoms with van der Waals surface area (Å²) >= 11 is 16.8. The number of H-pyrrole nitrogens is 2. The summed E-state index contributed by atoms with van der Waals surface area (Å²) < 4.78 is 0. The van der Waals surface area contributed by atoms with Crippen molar-refractivity contribution in [3.8, 4) is 11.3 Å². The molecule has 0 saturated carbocycles. The SMILES string of the molecule is C.Cc1cnc(Cl)nc1-c1c[nH]c2ccccc12.Cc1cnc(Cl)nc1Cl.c1ccc2[nH]ccc2c1. The molecule has 0 radical (unpaired) electrons. The number of para-hydroxylation sites is 2. The number of hydrogen-bond donors (Lipinski definition) is 2. The predicted molar refractivity (Wildman–Crippen MR) is 151 cm³/mol. The van der Waals surface area contributed by atoms with E-state index in [0.29, 0.717) is 5.15 Å². The smallest absolute Gasteiger partial charge is 0.223 e. The second-order valence-corrected chi connectivity index (χ2v) is 8.63. The standard InChI is InChI=1S/C13H10ClN3.C8H7N.C5H4Cl2N2.CH4/c1-8-6-16-13(14)17-12(8)10-7-15-11-5-3-2-4-9(10)11;1-2-4-8-7(3-1)5-6-9-8;1-3-2-8-5(7)9-4(3)6;/h2-7,15H,1H3;1-6,9H;2H,1H3;1H4. The molecule has 184 valence electrons. The summed E-state index contributed by atoms with van der Waals surface area (Å²) in [6.07, 6.45) is 7.23. The number of hydrogen-bond acceptors (Lipinski definition) is 4. The molecular weight excluding hydrogens is 515 g/mol. The normalized spacial score (nSPS) is 10.1. The highest BCUT2D eigenvalue weighted by atomic mass is 35.5. The zero-order valence-electron chi connectivity index (χ0n) is 18.9. The number of nitrogens with zero attached hydrogens (tertiary/aromatic N) is 4. The second kappa shape index (κ2) is 12.5. The quantitative estimate of drug-likeness (QED) is 0.162. The van der Waals surface area contributed by atoms with Crippen LogP contribution in [0.25, 0.3) is 33.1 Å². The molecule has 0 spiro atoms. The van der Waals surface area contributed by atoms with Crippen LogP contribution in [-0.2, 0) is 0 Å². The molecular formula is C27H25Cl3N6. The van der Waals surface area contributed by atoms with E-state index in [0.717, 1.165) is 33.3 Å². The molecule has 2 N–H and O–H groups in total. The molecule has 4 aromatic heterocycles. The molecule has 6 aromatic rings. The number of aromatic nitrogens is 6. The van der Waals surface area contributed by atoms with Gasteiger partial charge in [0.15, 0.2) is 0 Å². The van der Waals surface area contributed by atoms with E-state index in [4.69, 9.17) is 34.8 Å². The van der Waals surface area contributed by atoms with Crippen molar-refractivity contribution in [3.63, 3.8) is 0 Å². The average molecular weight is 540 g/mol. The Bertz CT molecular complexity index is 1540. The van der Waals surface area contributed by atoms with Gasteiger partial charge in [-0.3, -0.25) is 0 Å². The van der Waals surface area contributed by atoms with Gasteiger partial charge < -0.3 is 9.97 Å². The van der Waals surface area contributed by atoms with Crippen LogP contribution in [0.1, 0.15) is 18.6 Å². The monoisotopic (exact) mass is 538 g/mol. The van der Waals surface area contributed by atoms with Gasteiger partial charge in [-0.2, -0.15) is 0 Å². The highest BCUT2D eigenvalue weighted by molar-refractivity contribution is 6.32. The molecule has 6 nitrogen and oxygen atoms in total. The maximum absolute atomic E-state index is 5.85. The Morgan fingerprint density at radius 3 is 2.03 bits per heavy atom. The van der Waals surface area contributed by atoms with Gasteiger partial charge >= 0.3 is 0 Å². The minimum absolute atomic E-state index is 0. The first-order valence-corrected chi connectivity index (χ1v) is 11.8. The molecule has 0 saturated heterocycles. The summed E-state index contributed by atoms with van der Waals surface area (Å²) in [5.74, 6) is 0. The maximum Gasteiger partial charge on any atom is 0.223 e. The van der Waals surface area contributed by atoms with Crippen LogP contribution in [0.2, 0.25) is 15.7 Å². The number of nitrogens with one attached hydrogen (secondary N) is 2. The third-order valence-electron chi connectivity index (χ3n) is 5.13. The van der Waals surface area contributed by atoms with Gasteiger partial charge in [-0.25, -0.2) is 19.9 Å². The highest BCUT2D eigenvalue weighted by Gasteiger charge is 2.10. The molecule has 6 rings (SSSR count). The minimum Gasteiger partial charge on any atom is -0.361 e. The molecule has 2 aromatic carbocycles. The van der Waals surface area contributed by atoms with E-state index in [1.807, 2.05) is 56.6 Å². The lowest BCUT2D eigenvalue weighted by Crippen LogP contribution is -1.90. The lowest BCUT2D eigenvalue weighted by atomic mass is 10.1. The Kier molecular flexibility index (Phi) is 9.42. The summed E-state index contributed by atoms with van der Waals surface area (Å²) in [5, 5.41) is 3.29. The van der Waals surface area contributed by atoms with Crippen molar-refractivity contribution >= 4 is 56.6 Å². The molecule has 0 aliphatic heterocycles. The molecule has 0 bridgehead atoms. The molecule has 36 heavy (non-hydrogen) atoms. The van der Waals surface area contributed by atoms with Gasteiger partial charge in [0.25, 0.3) is 0 Å². The van der Waals surface area contributed by atoms with E-state index in [-0.39, 0.29) is 18.0 Å². The molecule has 0 aliphatic rings. The fourth-order valence-electron chi connectivity index (χ4n) is 3.36. The van der Waals surface area contributed by atoms with Crippen molar-refractivity contribution in [2.24, 2.45) is 0 Å². The van der Waals surface area contributed by atoms with Crippen LogP contribution in [0, 0.1) is 13.8 Å². The number of benzene rings is 2. The van der Waals surface area contributed by atoms with Gasteiger partial charge in [0, 0.05) is 52.3 Å². The van der Waals surface area contributed by atoms with Gasteiger partial charge in [-0.05, 0) is 66.2 Å². The molecule has 4 heterocycles. The predicted octanol–water partition coefficient (Wildman–Crippen LogP) is 8.48. The van der Waals surface area contributed by atoms with Crippen molar-refractivity contribution in [3.05, 3.63) is 106 Å². The van der Waals surface area contributed by atoms with Crippen molar-refractivity contribution in [2.75, 3.05) is 0 Å². The first-order valence-electron chi connectivity index (χ1n) is 10.6. The Morgan fingerprint density at radius 2 is 1.33 bits per heavy atom. The zero-order valence-corrected chi connectivity index (χ0v) is 21.2. The summed E-state index contributed by atoms with van der Waals surface area (Å²) in [5.41, 5.74) is 6.08. The average Bonchev–Trinajstić information content (AvgIpc) is 3.51. The van der Waals surface area contributed by atoms with Crippen molar-refractivity contribution < 1.29 is 0 Å². The Hall–Kier alpha value is -3.45. The first-order chi connectivity index (χ1) is 16.9. The fourth-order valence-corrected chi connectivity index (χ4v) is 3.80. The maximum atomic E-state index is 5.85. The highest BCUT2D eigenvalue weighted by Crippen LogP contribution is 2.29. The van der Waals surface area contributed by atoms with Gasteiger partial charge in [-0.15, -0.1) is 0 Å². The number of aryl methyl sites for hydroxylation is 2. The van der Waals surface area contributed by atoms with Crippen LogP contribution in [0.4, 0.5) is 0 Å². The van der Waals surface area contributed by atoms with Crippen LogP contribution in [0.5, 0.6) is 0 Å². The summed E-state index contributed by atoms with van der Waals surface area (Å²) in [6, 6.07) is 18.4. The van der Waals surface area contributed by atoms with E-state index in [2.05, 4.69) is 54.2 Å². The van der Waals surface area contributed by atoms with E-state index in [1.54, 1.807) is 12.4 Å². The number of rotatable bonds is 1. The minimum atomic E-state index is 0. The lowest BCUT2D eigenvalue weighted by Gasteiger charge is -2.03. The Balaban J connectivity index is 0.000000162. The Morgan fingerprint density at radius 1 is 0.694 bits per heavy atom. The second-order valence-electron chi connectivity index (χ2n) is 7.60. The molecule has 0 aliphatic carbocycles. The van der Waals surface area contributed by atoms with Crippen LogP contribution in [-0.4, -0.2) is 29.9 Å². The van der Waals surface area contributed by atoms with Crippen LogP contribution >= 0.6 is 34.8 Å². The van der Waals surface area contributed by atoms with E-state index in [9.17, 15) is 0 Å². The van der Waals surface area contributed by atoms with Crippen LogP contribution < -0.4 is 0 Å². The van der Waals surface area contributed by atoms with E-state index >= 15 is 0 Å². The van der Waals surface area contributed by atoms with Gasteiger partial charge in [0.1, 0.15) is 5.15 Å². The number of halogens is 3. The van der Waals surface area contributed by atoms with Crippen molar-refractivity contribution in [1.29, 1.82) is 0 Å². The lowest BCUT2D eigenvalue weighted by molar-refractivity contribution is 1.13. The fraction of sp³-hybridized carbons (Fsp3) is 0.111. The molecule has 9 heteroatoms. The van der Waals surface area contributed by atoms with Crippen molar-refractivity contribution in [2.45, 2.75) is 21.3 Å². The number of fused-ring (bicyclic) bond motifs is 2. The number of aromatic amines is 2. The summed E-state index contributed by atoms with van der Waals surface area (Å²) in [6.45, 7) is 3.80. The van der Waals surface area contributed by atoms with Crippen LogP contribution in [0.15, 0.2) is 79.4 Å². The molecule has 0 fully saturated rings. The Labute approximate surface area is 224 Å². The summed E-state index contributed by atoms with van der Waals surface area (Å²) in [7, 11) is 0. The third kappa shape index (κ3) is 6.61. The van der Waals surface area contributed by atoms with Gasteiger partial charge in [0.05, 0.1) is 5.69 Å². The molecule has 0 atom stereocenters. The van der Waals surface area contributed by atoms with E-state index in [1.165, 1.54) is 10.9 Å². The van der Waals surface area contributed by atoms with Crippen LogP contribution in [0.3, 0.4) is 0 Å². The third-order valence-corrected chi connectivity index (χ3v) is 5.88. The summed E-state index contributed by atoms with van der Waals surface area (Å²) in [4.78, 5) is 22.0.